The van der Waals surface area contributed by atoms with Crippen LogP contribution in [0.5, 0.6) is 0 Å². The monoisotopic (exact) mass is 252 g/mol. The van der Waals surface area contributed by atoms with Crippen LogP contribution in [-0.4, -0.2) is 11.5 Å². The van der Waals surface area contributed by atoms with Gasteiger partial charge in [-0.05, 0) is 35.5 Å². The van der Waals surface area contributed by atoms with Crippen LogP contribution < -0.4 is 0 Å². The van der Waals surface area contributed by atoms with E-state index in [1.54, 1.807) is 0 Å². The zero-order chi connectivity index (χ0) is 11.1. The van der Waals surface area contributed by atoms with Crippen LogP contribution in [0.3, 0.4) is 0 Å². The van der Waals surface area contributed by atoms with E-state index in [1.165, 1.54) is 59.8 Å². The highest BCUT2D eigenvalue weighted by molar-refractivity contribution is 7.98. The van der Waals surface area contributed by atoms with Gasteiger partial charge in [0.2, 0.25) is 0 Å². The van der Waals surface area contributed by atoms with Crippen molar-refractivity contribution in [1.82, 2.24) is 0 Å². The Balaban J connectivity index is 1.93. The van der Waals surface area contributed by atoms with Gasteiger partial charge >= 0.3 is 0 Å². The summed E-state index contributed by atoms with van der Waals surface area (Å²) in [6, 6.07) is 9.20. The van der Waals surface area contributed by atoms with E-state index in [4.69, 9.17) is 0 Å². The summed E-state index contributed by atoms with van der Waals surface area (Å²) in [7, 11) is 0. The van der Waals surface area contributed by atoms with E-state index in [2.05, 4.69) is 47.8 Å². The van der Waals surface area contributed by atoms with E-state index < -0.39 is 0 Å². The first-order chi connectivity index (χ1) is 7.95. The minimum absolute atomic E-state index is 1.19. The van der Waals surface area contributed by atoms with Crippen molar-refractivity contribution in [2.75, 3.05) is 11.5 Å². The maximum atomic E-state index is 2.30. The van der Waals surface area contributed by atoms with Crippen molar-refractivity contribution in [3.63, 3.8) is 0 Å². The van der Waals surface area contributed by atoms with Gasteiger partial charge in [-0.15, -0.1) is 0 Å². The molecule has 0 radical (unpaired) electrons. The molecule has 0 aromatic heterocycles. The number of thioether (sulfide) groups is 2. The lowest BCUT2D eigenvalue weighted by Crippen LogP contribution is -1.90. The van der Waals surface area contributed by atoms with Gasteiger partial charge in [0.1, 0.15) is 0 Å². The van der Waals surface area contributed by atoms with Crippen LogP contribution in [0.2, 0.25) is 0 Å². The van der Waals surface area contributed by atoms with E-state index in [1.807, 2.05) is 0 Å². The molecule has 0 aliphatic carbocycles. The molecule has 2 aliphatic heterocycles. The van der Waals surface area contributed by atoms with Crippen molar-refractivity contribution in [2.45, 2.75) is 37.2 Å². The maximum Gasteiger partial charge on any atom is 0.0184 e. The third-order valence-electron chi connectivity index (χ3n) is 2.89. The smallest absolute Gasteiger partial charge is 0.0184 e. The molecule has 0 spiro atoms. The Morgan fingerprint density at radius 1 is 0.625 bits per heavy atom. The van der Waals surface area contributed by atoms with Crippen LogP contribution in [0.15, 0.2) is 24.3 Å². The molecule has 0 amide bonds. The van der Waals surface area contributed by atoms with E-state index in [0.717, 1.165) is 0 Å². The quantitative estimate of drug-likeness (QED) is 0.655. The van der Waals surface area contributed by atoms with Crippen molar-refractivity contribution >= 4 is 23.5 Å². The Hall–Kier alpha value is -0.0800. The molecular formula is C14H20S2. The summed E-state index contributed by atoms with van der Waals surface area (Å²) in [5.41, 5.74) is 2.96. The summed E-state index contributed by atoms with van der Waals surface area (Å²) in [4.78, 5) is 0. The third-order valence-corrected chi connectivity index (χ3v) is 5.12. The molecule has 2 aliphatic rings. The average Bonchev–Trinajstić information content (AvgIpc) is 2.33. The molecule has 1 aromatic rings. The predicted molar refractivity (Wildman–Crippen MR) is 77.2 cm³/mol. The lowest BCUT2D eigenvalue weighted by atomic mass is 10.2. The molecule has 0 nitrogen and oxygen atoms in total. The van der Waals surface area contributed by atoms with Crippen molar-refractivity contribution in [3.8, 4) is 0 Å². The van der Waals surface area contributed by atoms with Crippen molar-refractivity contribution < 1.29 is 0 Å². The SMILES string of the molecule is c1cc2ccc1CSCCCCCCSC2. The zero-order valence-corrected chi connectivity index (χ0v) is 11.4. The minimum atomic E-state index is 1.19. The number of hydrogen-bond acceptors (Lipinski definition) is 2. The summed E-state index contributed by atoms with van der Waals surface area (Å²) in [5.74, 6) is 5.03. The van der Waals surface area contributed by atoms with Gasteiger partial charge in [0.05, 0.1) is 0 Å². The highest BCUT2D eigenvalue weighted by atomic mass is 32.2. The second-order valence-corrected chi connectivity index (χ2v) is 6.55. The van der Waals surface area contributed by atoms with Gasteiger partial charge in [-0.2, -0.15) is 23.5 Å². The molecule has 3 rings (SSSR count). The maximum absolute atomic E-state index is 2.30. The van der Waals surface area contributed by atoms with Gasteiger partial charge in [-0.1, -0.05) is 37.1 Å². The molecule has 0 fully saturated rings. The number of rotatable bonds is 0. The molecule has 88 valence electrons. The lowest BCUT2D eigenvalue weighted by molar-refractivity contribution is 0.711. The van der Waals surface area contributed by atoms with Gasteiger partial charge in [0.15, 0.2) is 0 Å². The number of fused-ring (bicyclic) bond motifs is 11. The van der Waals surface area contributed by atoms with Crippen LogP contribution >= 0.6 is 23.5 Å². The van der Waals surface area contributed by atoms with Crippen molar-refractivity contribution in [1.29, 1.82) is 0 Å². The van der Waals surface area contributed by atoms with Gasteiger partial charge < -0.3 is 0 Å². The largest absolute Gasteiger partial charge is 0.157 e. The summed E-state index contributed by atoms with van der Waals surface area (Å²) >= 11 is 4.17. The number of benzene rings is 1. The average molecular weight is 252 g/mol. The Morgan fingerprint density at radius 2 is 1.06 bits per heavy atom. The predicted octanol–water partition coefficient (Wildman–Crippen LogP) is 4.73. The summed E-state index contributed by atoms with van der Waals surface area (Å²) in [6.45, 7) is 0. The minimum Gasteiger partial charge on any atom is -0.157 e. The van der Waals surface area contributed by atoms with Gasteiger partial charge in [-0.25, -0.2) is 0 Å². The Kier molecular flexibility index (Phi) is 5.64. The van der Waals surface area contributed by atoms with E-state index >= 15 is 0 Å². The van der Waals surface area contributed by atoms with E-state index in [-0.39, 0.29) is 0 Å². The molecule has 0 saturated carbocycles. The second-order valence-electron chi connectivity index (χ2n) is 4.34. The molecule has 16 heavy (non-hydrogen) atoms. The molecule has 2 heterocycles. The molecule has 0 atom stereocenters. The molecule has 2 bridgehead atoms. The molecule has 0 N–H and O–H groups in total. The fourth-order valence-corrected chi connectivity index (χ4v) is 3.84. The first-order valence-corrected chi connectivity index (χ1v) is 8.49. The molecule has 2 heteroatoms. The standard InChI is InChI=1S/C14H20S2/c1-2-4-10-16-12-14-7-5-13(6-8-14)11-15-9-3-1/h5-8H,1-4,9-12H2. The highest BCUT2D eigenvalue weighted by Crippen LogP contribution is 2.20. The lowest BCUT2D eigenvalue weighted by Gasteiger charge is -2.07. The number of hydrogen-bond donors (Lipinski definition) is 0. The van der Waals surface area contributed by atoms with Crippen LogP contribution in [0, 0.1) is 0 Å². The van der Waals surface area contributed by atoms with Crippen LogP contribution in [-0.2, 0) is 11.5 Å². The van der Waals surface area contributed by atoms with E-state index in [9.17, 15) is 0 Å². The molecular weight excluding hydrogens is 232 g/mol. The van der Waals surface area contributed by atoms with Gasteiger partial charge in [0.25, 0.3) is 0 Å². The third kappa shape index (κ3) is 4.42. The van der Waals surface area contributed by atoms with Crippen LogP contribution in [0.1, 0.15) is 36.8 Å². The summed E-state index contributed by atoms with van der Waals surface area (Å²) in [6.07, 6.45) is 5.64. The fraction of sp³-hybridized carbons (Fsp3) is 0.571. The summed E-state index contributed by atoms with van der Waals surface area (Å²) < 4.78 is 0. The Bertz CT molecular complexity index is 261. The topological polar surface area (TPSA) is 0 Å². The van der Waals surface area contributed by atoms with Crippen LogP contribution in [0.4, 0.5) is 0 Å². The summed E-state index contributed by atoms with van der Waals surface area (Å²) in [5, 5.41) is 0. The van der Waals surface area contributed by atoms with Crippen LogP contribution in [0.25, 0.3) is 0 Å². The van der Waals surface area contributed by atoms with E-state index in [0.29, 0.717) is 0 Å². The molecule has 0 unspecified atom stereocenters. The zero-order valence-electron chi connectivity index (χ0n) is 9.78. The van der Waals surface area contributed by atoms with Gasteiger partial charge in [-0.3, -0.25) is 0 Å². The molecule has 1 aromatic carbocycles. The van der Waals surface area contributed by atoms with Crippen molar-refractivity contribution in [3.05, 3.63) is 35.4 Å². The van der Waals surface area contributed by atoms with Crippen molar-refractivity contribution in [2.24, 2.45) is 0 Å². The second kappa shape index (κ2) is 7.29. The van der Waals surface area contributed by atoms with Gasteiger partial charge in [0, 0.05) is 11.5 Å². The fourth-order valence-electron chi connectivity index (χ4n) is 1.87. The molecule has 0 saturated heterocycles. The Labute approximate surface area is 108 Å². The highest BCUT2D eigenvalue weighted by Gasteiger charge is 1.99. The first kappa shape index (κ1) is 12.4. The Morgan fingerprint density at radius 3 is 1.50 bits per heavy atom. The first-order valence-electron chi connectivity index (χ1n) is 6.18. The normalized spacial score (nSPS) is 19.2.